The Morgan fingerprint density at radius 3 is 2.43 bits per heavy atom. The summed E-state index contributed by atoms with van der Waals surface area (Å²) in [6.07, 6.45) is 1.04. The lowest BCUT2D eigenvalue weighted by molar-refractivity contribution is -0.126. The Balaban J connectivity index is 0.00000192. The Morgan fingerprint density at radius 1 is 1.13 bits per heavy atom. The molecule has 2 saturated heterocycles. The summed E-state index contributed by atoms with van der Waals surface area (Å²) in [5, 5.41) is 6.17. The first-order valence-corrected chi connectivity index (χ1v) is 8.34. The van der Waals surface area contributed by atoms with Crippen LogP contribution in [0.4, 0.5) is 5.69 Å². The SMILES string of the molecule is Cl.O=C(NCCCN1CCN(c2ccccc2)CC1)C1CNC1. The van der Waals surface area contributed by atoms with Crippen molar-refractivity contribution in [1.29, 1.82) is 0 Å². The van der Waals surface area contributed by atoms with E-state index in [0.29, 0.717) is 0 Å². The molecule has 6 heteroatoms. The van der Waals surface area contributed by atoms with Crippen molar-refractivity contribution in [2.45, 2.75) is 6.42 Å². The summed E-state index contributed by atoms with van der Waals surface area (Å²) >= 11 is 0. The highest BCUT2D eigenvalue weighted by molar-refractivity contribution is 5.85. The monoisotopic (exact) mass is 338 g/mol. The van der Waals surface area contributed by atoms with Gasteiger partial charge in [0.05, 0.1) is 5.92 Å². The molecule has 0 atom stereocenters. The summed E-state index contributed by atoms with van der Waals surface area (Å²) in [5.41, 5.74) is 1.32. The fraction of sp³-hybridized carbons (Fsp3) is 0.588. The molecule has 0 aliphatic carbocycles. The number of nitrogens with zero attached hydrogens (tertiary/aromatic N) is 2. The van der Waals surface area contributed by atoms with Gasteiger partial charge in [0.1, 0.15) is 0 Å². The van der Waals surface area contributed by atoms with Crippen molar-refractivity contribution < 1.29 is 4.79 Å². The minimum Gasteiger partial charge on any atom is -0.369 e. The lowest BCUT2D eigenvalue weighted by Gasteiger charge is -2.36. The van der Waals surface area contributed by atoms with E-state index in [1.165, 1.54) is 5.69 Å². The zero-order valence-corrected chi connectivity index (χ0v) is 14.4. The molecule has 2 fully saturated rings. The second-order valence-corrected chi connectivity index (χ2v) is 6.16. The number of amides is 1. The maximum absolute atomic E-state index is 11.7. The van der Waals surface area contributed by atoms with Crippen molar-refractivity contribution in [2.24, 2.45) is 5.92 Å². The highest BCUT2D eigenvalue weighted by Gasteiger charge is 2.24. The number of carbonyl (C=O) groups is 1. The molecule has 1 aromatic rings. The van der Waals surface area contributed by atoms with Crippen molar-refractivity contribution in [2.75, 3.05) is 57.3 Å². The average molecular weight is 339 g/mol. The van der Waals surface area contributed by atoms with E-state index in [2.05, 4.69) is 50.8 Å². The molecule has 128 valence electrons. The van der Waals surface area contributed by atoms with Crippen LogP contribution in [-0.2, 0) is 4.79 Å². The topological polar surface area (TPSA) is 47.6 Å². The third kappa shape index (κ3) is 5.09. The maximum Gasteiger partial charge on any atom is 0.225 e. The summed E-state index contributed by atoms with van der Waals surface area (Å²) in [4.78, 5) is 16.6. The molecular weight excluding hydrogens is 312 g/mol. The Hall–Kier alpha value is -1.30. The number of para-hydroxylation sites is 1. The Labute approximate surface area is 144 Å². The molecule has 3 rings (SSSR count). The largest absolute Gasteiger partial charge is 0.369 e. The lowest BCUT2D eigenvalue weighted by Crippen LogP contribution is -2.51. The summed E-state index contributed by atoms with van der Waals surface area (Å²) in [6, 6.07) is 10.6. The van der Waals surface area contributed by atoms with E-state index >= 15 is 0 Å². The van der Waals surface area contributed by atoms with E-state index in [1.54, 1.807) is 0 Å². The average Bonchev–Trinajstić information content (AvgIpc) is 2.51. The minimum absolute atomic E-state index is 0. The van der Waals surface area contributed by atoms with Crippen LogP contribution in [0, 0.1) is 5.92 Å². The second kappa shape index (κ2) is 9.11. The summed E-state index contributed by atoms with van der Waals surface area (Å²) < 4.78 is 0. The number of hydrogen-bond donors (Lipinski definition) is 2. The first-order valence-electron chi connectivity index (χ1n) is 8.34. The van der Waals surface area contributed by atoms with E-state index in [1.807, 2.05) is 0 Å². The highest BCUT2D eigenvalue weighted by Crippen LogP contribution is 2.15. The van der Waals surface area contributed by atoms with Gasteiger partial charge in [-0.1, -0.05) is 18.2 Å². The zero-order chi connectivity index (χ0) is 15.2. The minimum atomic E-state index is 0. The lowest BCUT2D eigenvalue weighted by atomic mass is 10.0. The Kier molecular flexibility index (Phi) is 7.15. The molecule has 23 heavy (non-hydrogen) atoms. The molecule has 0 spiro atoms. The molecule has 0 aromatic heterocycles. The predicted molar refractivity (Wildman–Crippen MR) is 96.3 cm³/mol. The van der Waals surface area contributed by atoms with Crippen LogP contribution in [0.15, 0.2) is 30.3 Å². The zero-order valence-electron chi connectivity index (χ0n) is 13.5. The molecule has 0 unspecified atom stereocenters. The van der Waals surface area contributed by atoms with E-state index in [4.69, 9.17) is 0 Å². The highest BCUT2D eigenvalue weighted by atomic mass is 35.5. The van der Waals surface area contributed by atoms with Gasteiger partial charge in [-0.05, 0) is 25.1 Å². The summed E-state index contributed by atoms with van der Waals surface area (Å²) in [5.74, 6) is 0.419. The molecule has 0 saturated carbocycles. The number of benzene rings is 1. The van der Waals surface area contributed by atoms with Crippen LogP contribution >= 0.6 is 12.4 Å². The van der Waals surface area contributed by atoms with Gasteiger partial charge >= 0.3 is 0 Å². The molecular formula is C17H27ClN4O. The van der Waals surface area contributed by atoms with Crippen molar-refractivity contribution in [3.8, 4) is 0 Å². The first kappa shape index (κ1) is 18.0. The predicted octanol–water partition coefficient (Wildman–Crippen LogP) is 0.956. The Bertz CT molecular complexity index is 473. The van der Waals surface area contributed by atoms with Crippen LogP contribution < -0.4 is 15.5 Å². The number of nitrogens with one attached hydrogen (secondary N) is 2. The van der Waals surface area contributed by atoms with Crippen molar-refractivity contribution >= 4 is 24.0 Å². The third-order valence-corrected chi connectivity index (χ3v) is 4.60. The smallest absolute Gasteiger partial charge is 0.225 e. The Morgan fingerprint density at radius 2 is 1.83 bits per heavy atom. The maximum atomic E-state index is 11.7. The van der Waals surface area contributed by atoms with Gasteiger partial charge in [0.15, 0.2) is 0 Å². The van der Waals surface area contributed by atoms with Gasteiger partial charge in [0, 0.05) is 51.5 Å². The fourth-order valence-corrected chi connectivity index (χ4v) is 3.00. The van der Waals surface area contributed by atoms with Gasteiger partial charge in [0.2, 0.25) is 5.91 Å². The van der Waals surface area contributed by atoms with Crippen molar-refractivity contribution in [3.05, 3.63) is 30.3 Å². The van der Waals surface area contributed by atoms with E-state index in [-0.39, 0.29) is 24.2 Å². The number of carbonyl (C=O) groups excluding carboxylic acids is 1. The molecule has 1 aromatic carbocycles. The second-order valence-electron chi connectivity index (χ2n) is 6.16. The van der Waals surface area contributed by atoms with Crippen LogP contribution in [0.2, 0.25) is 0 Å². The molecule has 5 nitrogen and oxygen atoms in total. The van der Waals surface area contributed by atoms with Crippen LogP contribution in [0.5, 0.6) is 0 Å². The third-order valence-electron chi connectivity index (χ3n) is 4.60. The van der Waals surface area contributed by atoms with Gasteiger partial charge in [-0.25, -0.2) is 0 Å². The number of anilines is 1. The first-order chi connectivity index (χ1) is 10.8. The summed E-state index contributed by atoms with van der Waals surface area (Å²) in [6.45, 7) is 7.94. The molecule has 0 radical (unpaired) electrons. The molecule has 0 bridgehead atoms. The molecule has 2 aliphatic heterocycles. The fourth-order valence-electron chi connectivity index (χ4n) is 3.00. The van der Waals surface area contributed by atoms with Crippen LogP contribution in [0.25, 0.3) is 0 Å². The van der Waals surface area contributed by atoms with Gasteiger partial charge in [-0.15, -0.1) is 12.4 Å². The van der Waals surface area contributed by atoms with Crippen molar-refractivity contribution in [3.63, 3.8) is 0 Å². The van der Waals surface area contributed by atoms with Gasteiger partial charge in [-0.2, -0.15) is 0 Å². The van der Waals surface area contributed by atoms with E-state index < -0.39 is 0 Å². The molecule has 2 N–H and O–H groups in total. The van der Waals surface area contributed by atoms with Gasteiger partial charge in [-0.3, -0.25) is 9.69 Å². The van der Waals surface area contributed by atoms with E-state index in [0.717, 1.165) is 58.8 Å². The van der Waals surface area contributed by atoms with E-state index in [9.17, 15) is 4.79 Å². The van der Waals surface area contributed by atoms with Gasteiger partial charge < -0.3 is 15.5 Å². The molecule has 2 heterocycles. The van der Waals surface area contributed by atoms with Gasteiger partial charge in [0.25, 0.3) is 0 Å². The molecule has 2 aliphatic rings. The van der Waals surface area contributed by atoms with Crippen LogP contribution in [0.3, 0.4) is 0 Å². The molecule has 1 amide bonds. The summed E-state index contributed by atoms with van der Waals surface area (Å²) in [7, 11) is 0. The number of halogens is 1. The standard InChI is InChI=1S/C17H26N4O.ClH/c22-17(15-13-18-14-15)19-7-4-8-20-9-11-21(12-10-20)16-5-2-1-3-6-16;/h1-3,5-6,15,18H,4,7-14H2,(H,19,22);1H. The number of piperazine rings is 1. The normalized spacial score (nSPS) is 18.9. The van der Waals surface area contributed by atoms with Crippen LogP contribution in [0.1, 0.15) is 6.42 Å². The quantitative estimate of drug-likeness (QED) is 0.758. The number of hydrogen-bond acceptors (Lipinski definition) is 4. The van der Waals surface area contributed by atoms with Crippen molar-refractivity contribution in [1.82, 2.24) is 15.5 Å². The number of rotatable bonds is 6. The van der Waals surface area contributed by atoms with Crippen LogP contribution in [-0.4, -0.2) is 63.2 Å².